The van der Waals surface area contributed by atoms with Crippen molar-refractivity contribution in [2.45, 2.75) is 33.1 Å². The maximum atomic E-state index is 12.1. The highest BCUT2D eigenvalue weighted by Gasteiger charge is 2.17. The van der Waals surface area contributed by atoms with Gasteiger partial charge in [-0.05, 0) is 36.2 Å². The molecule has 0 aliphatic heterocycles. The third kappa shape index (κ3) is 3.38. The fraction of sp³-hybridized carbons (Fsp3) is 0.238. The van der Waals surface area contributed by atoms with Crippen LogP contribution in [0.5, 0.6) is 0 Å². The van der Waals surface area contributed by atoms with Gasteiger partial charge in [-0.3, -0.25) is 0 Å². The smallest absolute Gasteiger partial charge is 0.336 e. The minimum Gasteiger partial charge on any atom is -0.423 e. The van der Waals surface area contributed by atoms with Crippen molar-refractivity contribution in [3.8, 4) is 5.82 Å². The number of benzene rings is 1. The molecule has 136 valence electrons. The van der Waals surface area contributed by atoms with Crippen LogP contribution in [0.4, 0.5) is 0 Å². The van der Waals surface area contributed by atoms with E-state index in [0.29, 0.717) is 17.8 Å². The molecule has 1 aromatic carbocycles. The van der Waals surface area contributed by atoms with Gasteiger partial charge in [-0.15, -0.1) is 5.10 Å². The van der Waals surface area contributed by atoms with Gasteiger partial charge < -0.3 is 4.42 Å². The third-order valence-corrected chi connectivity index (χ3v) is 4.41. The Balaban J connectivity index is 1.86. The number of aromatic nitrogens is 4. The van der Waals surface area contributed by atoms with Crippen LogP contribution in [-0.2, 0) is 6.42 Å². The molecule has 0 fully saturated rings. The summed E-state index contributed by atoms with van der Waals surface area (Å²) in [6.45, 7) is 6.08. The summed E-state index contributed by atoms with van der Waals surface area (Å²) in [5.41, 5.74) is 2.13. The molecule has 0 saturated heterocycles. The highest BCUT2D eigenvalue weighted by atomic mass is 16.4. The molecule has 27 heavy (non-hydrogen) atoms. The summed E-state index contributed by atoms with van der Waals surface area (Å²) < 4.78 is 7.12. The van der Waals surface area contributed by atoms with Crippen molar-refractivity contribution in [3.05, 3.63) is 81.9 Å². The van der Waals surface area contributed by atoms with Gasteiger partial charge in [0.15, 0.2) is 11.6 Å². The lowest BCUT2D eigenvalue weighted by Crippen LogP contribution is -2.08. The number of rotatable bonds is 4. The molecular formula is C21H20N4O2. The van der Waals surface area contributed by atoms with Crippen LogP contribution in [0.3, 0.4) is 0 Å². The fourth-order valence-electron chi connectivity index (χ4n) is 3.04. The van der Waals surface area contributed by atoms with Crippen LogP contribution in [0.1, 0.15) is 42.5 Å². The molecule has 0 amide bonds. The van der Waals surface area contributed by atoms with Crippen molar-refractivity contribution in [2.24, 2.45) is 0 Å². The van der Waals surface area contributed by atoms with E-state index in [1.807, 2.05) is 43.3 Å². The summed E-state index contributed by atoms with van der Waals surface area (Å²) in [6.07, 6.45) is 2.19. The van der Waals surface area contributed by atoms with E-state index in [0.717, 1.165) is 28.2 Å². The Labute approximate surface area is 156 Å². The first-order chi connectivity index (χ1) is 13.0. The van der Waals surface area contributed by atoms with E-state index in [2.05, 4.69) is 23.9 Å². The summed E-state index contributed by atoms with van der Waals surface area (Å²) in [4.78, 5) is 21.2. The highest BCUT2D eigenvalue weighted by molar-refractivity contribution is 5.81. The van der Waals surface area contributed by atoms with Crippen molar-refractivity contribution < 1.29 is 4.42 Å². The first-order valence-corrected chi connectivity index (χ1v) is 8.92. The Morgan fingerprint density at radius 3 is 2.74 bits per heavy atom. The van der Waals surface area contributed by atoms with Gasteiger partial charge in [0.2, 0.25) is 0 Å². The van der Waals surface area contributed by atoms with Crippen molar-refractivity contribution >= 4 is 11.0 Å². The van der Waals surface area contributed by atoms with Gasteiger partial charge >= 0.3 is 5.63 Å². The summed E-state index contributed by atoms with van der Waals surface area (Å²) in [6, 6.07) is 13.1. The monoisotopic (exact) mass is 360 g/mol. The molecule has 0 atom stereocenters. The van der Waals surface area contributed by atoms with E-state index >= 15 is 0 Å². The zero-order chi connectivity index (χ0) is 19.0. The van der Waals surface area contributed by atoms with Crippen LogP contribution in [0.15, 0.2) is 57.9 Å². The quantitative estimate of drug-likeness (QED) is 0.518. The Kier molecular flexibility index (Phi) is 4.32. The molecule has 0 radical (unpaired) electrons. The van der Waals surface area contributed by atoms with Gasteiger partial charge in [-0.2, -0.15) is 4.68 Å². The summed E-state index contributed by atoms with van der Waals surface area (Å²) in [5, 5.41) is 5.54. The molecule has 6 heteroatoms. The van der Waals surface area contributed by atoms with Crippen LogP contribution in [0.25, 0.3) is 16.8 Å². The van der Waals surface area contributed by atoms with E-state index in [9.17, 15) is 4.79 Å². The molecule has 6 nitrogen and oxygen atoms in total. The fourth-order valence-corrected chi connectivity index (χ4v) is 3.04. The molecule has 0 saturated carbocycles. The number of pyridine rings is 1. The molecule has 4 aromatic rings. The number of hydrogen-bond acceptors (Lipinski definition) is 5. The van der Waals surface area contributed by atoms with Crippen molar-refractivity contribution in [1.29, 1.82) is 0 Å². The van der Waals surface area contributed by atoms with Gasteiger partial charge in [-0.1, -0.05) is 32.0 Å². The van der Waals surface area contributed by atoms with Gasteiger partial charge in [-0.25, -0.2) is 14.8 Å². The van der Waals surface area contributed by atoms with Gasteiger partial charge in [0.1, 0.15) is 11.4 Å². The summed E-state index contributed by atoms with van der Waals surface area (Å²) in [7, 11) is 0. The molecule has 4 rings (SSSR count). The Bertz CT molecular complexity index is 1160. The maximum Gasteiger partial charge on any atom is 0.336 e. The minimum atomic E-state index is -0.365. The lowest BCUT2D eigenvalue weighted by Gasteiger charge is -2.07. The Hall–Kier alpha value is -3.28. The van der Waals surface area contributed by atoms with E-state index < -0.39 is 0 Å². The van der Waals surface area contributed by atoms with Crippen LogP contribution >= 0.6 is 0 Å². The summed E-state index contributed by atoms with van der Waals surface area (Å²) in [5.74, 6) is 2.38. The largest absolute Gasteiger partial charge is 0.423 e. The van der Waals surface area contributed by atoms with Crippen molar-refractivity contribution in [2.75, 3.05) is 0 Å². The second kappa shape index (κ2) is 6.79. The minimum absolute atomic E-state index is 0.189. The standard InChI is InChI=1S/C21H20N4O2/c1-13(2)21-23-19(25(24-21)18-6-4-5-9-22-18)11-15-12-20(26)27-17-10-14(3)7-8-16(15)17/h4-10,12-13H,11H2,1-3H3. The molecule has 0 bridgehead atoms. The molecule has 0 N–H and O–H groups in total. The molecule has 0 aliphatic rings. The van der Waals surface area contributed by atoms with Crippen LogP contribution in [-0.4, -0.2) is 19.7 Å². The predicted molar refractivity (Wildman–Crippen MR) is 103 cm³/mol. The topological polar surface area (TPSA) is 73.8 Å². The average molecular weight is 360 g/mol. The van der Waals surface area contributed by atoms with Crippen molar-refractivity contribution in [1.82, 2.24) is 19.7 Å². The molecule has 0 unspecified atom stereocenters. The van der Waals surface area contributed by atoms with Crippen molar-refractivity contribution in [3.63, 3.8) is 0 Å². The molecule has 0 spiro atoms. The SMILES string of the molecule is Cc1ccc2c(Cc3nc(C(C)C)nn3-c3ccccn3)cc(=O)oc2c1. The van der Waals surface area contributed by atoms with Crippen LogP contribution < -0.4 is 5.63 Å². The zero-order valence-corrected chi connectivity index (χ0v) is 15.5. The lowest BCUT2D eigenvalue weighted by atomic mass is 10.1. The average Bonchev–Trinajstić information content (AvgIpc) is 3.06. The molecular weight excluding hydrogens is 340 g/mol. The first kappa shape index (κ1) is 17.1. The molecule has 3 heterocycles. The summed E-state index contributed by atoms with van der Waals surface area (Å²) >= 11 is 0. The number of hydrogen-bond donors (Lipinski definition) is 0. The van der Waals surface area contributed by atoms with Crippen LogP contribution in [0.2, 0.25) is 0 Å². The Morgan fingerprint density at radius 1 is 1.15 bits per heavy atom. The van der Waals surface area contributed by atoms with E-state index in [4.69, 9.17) is 9.40 Å². The maximum absolute atomic E-state index is 12.1. The second-order valence-electron chi connectivity index (χ2n) is 6.91. The van der Waals surface area contributed by atoms with E-state index in [-0.39, 0.29) is 11.5 Å². The van der Waals surface area contributed by atoms with Gasteiger partial charge in [0, 0.05) is 30.0 Å². The normalized spacial score (nSPS) is 11.4. The number of fused-ring (bicyclic) bond motifs is 1. The number of aryl methyl sites for hydroxylation is 1. The predicted octanol–water partition coefficient (Wildman–Crippen LogP) is 3.79. The first-order valence-electron chi connectivity index (χ1n) is 8.92. The second-order valence-corrected chi connectivity index (χ2v) is 6.91. The third-order valence-electron chi connectivity index (χ3n) is 4.41. The highest BCUT2D eigenvalue weighted by Crippen LogP contribution is 2.22. The zero-order valence-electron chi connectivity index (χ0n) is 15.5. The molecule has 3 aromatic heterocycles. The Morgan fingerprint density at radius 2 is 2.00 bits per heavy atom. The van der Waals surface area contributed by atoms with E-state index in [1.165, 1.54) is 6.07 Å². The van der Waals surface area contributed by atoms with Crippen LogP contribution in [0, 0.1) is 6.92 Å². The van der Waals surface area contributed by atoms with E-state index in [1.54, 1.807) is 10.9 Å². The lowest BCUT2D eigenvalue weighted by molar-refractivity contribution is 0.558. The van der Waals surface area contributed by atoms with Gasteiger partial charge in [0.25, 0.3) is 0 Å². The molecule has 0 aliphatic carbocycles. The van der Waals surface area contributed by atoms with Gasteiger partial charge in [0.05, 0.1) is 0 Å². The number of nitrogens with zero attached hydrogens (tertiary/aromatic N) is 4.